The number of halogens is 5. The third kappa shape index (κ3) is 3.39. The van der Waals surface area contributed by atoms with E-state index in [-0.39, 0.29) is 5.69 Å². The van der Waals surface area contributed by atoms with E-state index >= 15 is 0 Å². The van der Waals surface area contributed by atoms with E-state index in [0.29, 0.717) is 17.0 Å². The number of nitrogens with one attached hydrogen (secondary N) is 1. The lowest BCUT2D eigenvalue weighted by molar-refractivity contribution is -0.275. The van der Waals surface area contributed by atoms with E-state index in [1.54, 1.807) is 22.9 Å². The van der Waals surface area contributed by atoms with Crippen molar-refractivity contribution in [1.29, 1.82) is 0 Å². The van der Waals surface area contributed by atoms with E-state index < -0.39 is 17.9 Å². The number of hydrogen-bond acceptors (Lipinski definition) is 4. The van der Waals surface area contributed by atoms with Gasteiger partial charge in [0.2, 0.25) is 0 Å². The zero-order valence-corrected chi connectivity index (χ0v) is 14.8. The van der Waals surface area contributed by atoms with Gasteiger partial charge in [-0.15, -0.1) is 13.2 Å². The Hall–Kier alpha value is -2.88. The van der Waals surface area contributed by atoms with Crippen LogP contribution in [0.4, 0.5) is 29.1 Å². The Labute approximate surface area is 157 Å². The largest absolute Gasteiger partial charge is 0.573 e. The standard InChI is InChI=1S/C17H9BrF4N4O/c18-10-2-1-3-12-14(10)26-7-6-23-16(26)15(25-12)24-9-4-5-13(11(19)8-9)27-17(20,21)22/h1-8H,(H,24,25). The molecule has 1 N–H and O–H groups in total. The number of rotatable bonds is 3. The average Bonchev–Trinajstić information content (AvgIpc) is 3.06. The van der Waals surface area contributed by atoms with Gasteiger partial charge in [-0.05, 0) is 40.2 Å². The van der Waals surface area contributed by atoms with Gasteiger partial charge >= 0.3 is 6.36 Å². The zero-order valence-electron chi connectivity index (χ0n) is 13.3. The van der Waals surface area contributed by atoms with Crippen LogP contribution in [0.5, 0.6) is 5.75 Å². The molecule has 0 bridgehead atoms. The summed E-state index contributed by atoms with van der Waals surface area (Å²) in [4.78, 5) is 8.73. The second kappa shape index (κ2) is 6.38. The SMILES string of the molecule is Fc1cc(Nc2nc3cccc(Br)c3n3ccnc23)ccc1OC(F)(F)F. The Bertz CT molecular complexity index is 1160. The molecule has 0 saturated heterocycles. The maximum Gasteiger partial charge on any atom is 0.573 e. The molecule has 0 aliphatic heterocycles. The van der Waals surface area contributed by atoms with Crippen molar-refractivity contribution in [1.82, 2.24) is 14.4 Å². The molecule has 0 aliphatic carbocycles. The van der Waals surface area contributed by atoms with Crippen LogP contribution in [0.2, 0.25) is 0 Å². The molecule has 0 atom stereocenters. The summed E-state index contributed by atoms with van der Waals surface area (Å²) in [7, 11) is 0. The molecule has 5 nitrogen and oxygen atoms in total. The molecule has 27 heavy (non-hydrogen) atoms. The van der Waals surface area contributed by atoms with Crippen LogP contribution in [0.15, 0.2) is 53.3 Å². The van der Waals surface area contributed by atoms with Gasteiger partial charge in [-0.2, -0.15) is 0 Å². The Morgan fingerprint density at radius 3 is 2.70 bits per heavy atom. The first-order valence-corrected chi connectivity index (χ1v) is 8.35. The Morgan fingerprint density at radius 2 is 1.96 bits per heavy atom. The van der Waals surface area contributed by atoms with Gasteiger partial charge < -0.3 is 10.1 Å². The molecule has 2 heterocycles. The number of anilines is 2. The number of aromatic nitrogens is 3. The fraction of sp³-hybridized carbons (Fsp3) is 0.0588. The van der Waals surface area contributed by atoms with Crippen molar-refractivity contribution in [2.45, 2.75) is 6.36 Å². The number of fused-ring (bicyclic) bond motifs is 3. The fourth-order valence-corrected chi connectivity index (χ4v) is 3.22. The summed E-state index contributed by atoms with van der Waals surface area (Å²) in [5, 5.41) is 2.89. The third-order valence-electron chi connectivity index (χ3n) is 3.71. The molecular formula is C17H9BrF4N4O. The lowest BCUT2D eigenvalue weighted by atomic mass is 10.2. The molecule has 0 fully saturated rings. The van der Waals surface area contributed by atoms with Crippen molar-refractivity contribution in [2.75, 3.05) is 5.32 Å². The van der Waals surface area contributed by atoms with Crippen LogP contribution in [0.3, 0.4) is 0 Å². The third-order valence-corrected chi connectivity index (χ3v) is 4.35. The minimum atomic E-state index is -4.97. The summed E-state index contributed by atoms with van der Waals surface area (Å²) in [6.45, 7) is 0. The molecule has 0 aliphatic rings. The van der Waals surface area contributed by atoms with Crippen molar-refractivity contribution < 1.29 is 22.3 Å². The van der Waals surface area contributed by atoms with Gasteiger partial charge in [0.25, 0.3) is 0 Å². The van der Waals surface area contributed by atoms with E-state index in [4.69, 9.17) is 0 Å². The van der Waals surface area contributed by atoms with Crippen molar-refractivity contribution in [2.24, 2.45) is 0 Å². The number of alkyl halides is 3. The van der Waals surface area contributed by atoms with Gasteiger partial charge in [0.05, 0.1) is 11.0 Å². The van der Waals surface area contributed by atoms with Gasteiger partial charge in [0, 0.05) is 28.6 Å². The Balaban J connectivity index is 1.75. The molecule has 0 spiro atoms. The molecule has 138 valence electrons. The molecule has 0 amide bonds. The van der Waals surface area contributed by atoms with Crippen LogP contribution >= 0.6 is 15.9 Å². The number of benzene rings is 2. The van der Waals surface area contributed by atoms with Gasteiger partial charge in [-0.1, -0.05) is 6.07 Å². The van der Waals surface area contributed by atoms with E-state index in [1.807, 2.05) is 12.1 Å². The summed E-state index contributed by atoms with van der Waals surface area (Å²) in [5.41, 5.74) is 2.13. The quantitative estimate of drug-likeness (QED) is 0.431. The normalized spacial score (nSPS) is 11.9. The lowest BCUT2D eigenvalue weighted by Gasteiger charge is -2.13. The van der Waals surface area contributed by atoms with Gasteiger partial charge in [-0.3, -0.25) is 4.40 Å². The van der Waals surface area contributed by atoms with Gasteiger partial charge in [-0.25, -0.2) is 14.4 Å². The van der Waals surface area contributed by atoms with E-state index in [1.165, 1.54) is 6.07 Å². The summed E-state index contributed by atoms with van der Waals surface area (Å²) in [6, 6.07) is 8.53. The number of ether oxygens (including phenoxy) is 1. The van der Waals surface area contributed by atoms with Gasteiger partial charge in [0.1, 0.15) is 0 Å². The first-order valence-electron chi connectivity index (χ1n) is 7.55. The van der Waals surface area contributed by atoms with Crippen LogP contribution in [-0.2, 0) is 0 Å². The van der Waals surface area contributed by atoms with Crippen molar-refractivity contribution in [3.63, 3.8) is 0 Å². The smallest absolute Gasteiger partial charge is 0.403 e. The maximum atomic E-state index is 13.9. The summed E-state index contributed by atoms with van der Waals surface area (Å²) < 4.78 is 57.0. The minimum Gasteiger partial charge on any atom is -0.403 e. The predicted octanol–water partition coefficient (Wildman–Crippen LogP) is 5.43. The molecule has 0 saturated carbocycles. The number of imidazole rings is 1. The van der Waals surface area contributed by atoms with E-state index in [0.717, 1.165) is 22.1 Å². The topological polar surface area (TPSA) is 51.5 Å². The molecule has 4 aromatic rings. The summed E-state index contributed by atoms with van der Waals surface area (Å²) in [5.74, 6) is -1.73. The van der Waals surface area contributed by atoms with Crippen LogP contribution < -0.4 is 10.1 Å². The Morgan fingerprint density at radius 1 is 1.15 bits per heavy atom. The Kier molecular flexibility index (Phi) is 4.14. The van der Waals surface area contributed by atoms with Crippen LogP contribution in [0.1, 0.15) is 0 Å². The summed E-state index contributed by atoms with van der Waals surface area (Å²) in [6.07, 6.45) is -1.64. The molecule has 2 aromatic carbocycles. The zero-order chi connectivity index (χ0) is 19.2. The average molecular weight is 441 g/mol. The van der Waals surface area contributed by atoms with Crippen LogP contribution in [0.25, 0.3) is 16.7 Å². The second-order valence-corrected chi connectivity index (χ2v) is 6.36. The van der Waals surface area contributed by atoms with E-state index in [2.05, 4.69) is 36.0 Å². The van der Waals surface area contributed by atoms with E-state index in [9.17, 15) is 17.6 Å². The first-order chi connectivity index (χ1) is 12.8. The molecular weight excluding hydrogens is 432 g/mol. The maximum absolute atomic E-state index is 13.9. The predicted molar refractivity (Wildman–Crippen MR) is 94.6 cm³/mol. The van der Waals surface area contributed by atoms with Crippen LogP contribution in [0, 0.1) is 5.82 Å². The lowest BCUT2D eigenvalue weighted by Crippen LogP contribution is -2.18. The van der Waals surface area contributed by atoms with Crippen molar-refractivity contribution in [3.8, 4) is 5.75 Å². The molecule has 10 heteroatoms. The monoisotopic (exact) mass is 440 g/mol. The minimum absolute atomic E-state index is 0.203. The first kappa shape index (κ1) is 17.5. The highest BCUT2D eigenvalue weighted by atomic mass is 79.9. The molecule has 0 unspecified atom stereocenters. The van der Waals surface area contributed by atoms with Gasteiger partial charge in [0.15, 0.2) is 23.0 Å². The van der Waals surface area contributed by atoms with Crippen LogP contribution in [-0.4, -0.2) is 20.7 Å². The molecule has 0 radical (unpaired) electrons. The van der Waals surface area contributed by atoms with Crippen molar-refractivity contribution >= 4 is 44.1 Å². The summed E-state index contributed by atoms with van der Waals surface area (Å²) >= 11 is 3.47. The number of hydrogen-bond donors (Lipinski definition) is 1. The number of nitrogens with zero attached hydrogens (tertiary/aromatic N) is 3. The highest BCUT2D eigenvalue weighted by Gasteiger charge is 2.32. The van der Waals surface area contributed by atoms with Crippen molar-refractivity contribution in [3.05, 3.63) is 59.1 Å². The highest BCUT2D eigenvalue weighted by molar-refractivity contribution is 9.10. The number of para-hydroxylation sites is 1. The fourth-order valence-electron chi connectivity index (χ4n) is 2.67. The molecule has 2 aromatic heterocycles. The molecule has 4 rings (SSSR count). The highest BCUT2D eigenvalue weighted by Crippen LogP contribution is 2.31. The second-order valence-electron chi connectivity index (χ2n) is 5.51.